The van der Waals surface area contributed by atoms with Gasteiger partial charge in [-0.25, -0.2) is 4.98 Å². The Morgan fingerprint density at radius 3 is 2.64 bits per heavy atom. The fourth-order valence-corrected chi connectivity index (χ4v) is 3.53. The summed E-state index contributed by atoms with van der Waals surface area (Å²) >= 11 is 0. The molecule has 0 aliphatic carbocycles. The van der Waals surface area contributed by atoms with Gasteiger partial charge in [-0.15, -0.1) is 0 Å². The first-order valence-electron chi connectivity index (χ1n) is 8.16. The zero-order valence-corrected chi connectivity index (χ0v) is 15.1. The summed E-state index contributed by atoms with van der Waals surface area (Å²) < 4.78 is 32.3. The predicted octanol–water partition coefficient (Wildman–Crippen LogP) is 3.18. The molecule has 0 atom stereocenters. The van der Waals surface area contributed by atoms with Gasteiger partial charge < -0.3 is 5.11 Å². The molecule has 0 bridgehead atoms. The van der Waals surface area contributed by atoms with Gasteiger partial charge in [0.05, 0.1) is 23.1 Å². The number of aromatic nitrogens is 2. The number of para-hydroxylation sites is 1. The van der Waals surface area contributed by atoms with Gasteiger partial charge in [0.15, 0.2) is 0 Å². The molecule has 2 aromatic heterocycles. The van der Waals surface area contributed by atoms with Crippen LogP contribution < -0.4 is 5.43 Å². The van der Waals surface area contributed by atoms with Crippen LogP contribution in [0.25, 0.3) is 21.8 Å². The van der Waals surface area contributed by atoms with Crippen molar-refractivity contribution in [1.29, 1.82) is 0 Å². The molecule has 4 rings (SSSR count). The Bertz CT molecular complexity index is 1330. The molecule has 9 heteroatoms. The second kappa shape index (κ2) is 6.87. The standard InChI is InChI=1S/C19H14N4O4S/c24-16-8-9-17(28(25,26)27)14-7-6-13(22-19(14)16)11-21-23-15-5-1-3-12-4-2-10-20-18(12)15/h1-11,23-24H,(H,25,26,27)/b21-11-. The number of hydrazone groups is 1. The molecule has 8 nitrogen and oxygen atoms in total. The highest BCUT2D eigenvalue weighted by Crippen LogP contribution is 2.28. The van der Waals surface area contributed by atoms with E-state index in [4.69, 9.17) is 0 Å². The molecule has 0 aliphatic heterocycles. The van der Waals surface area contributed by atoms with E-state index in [2.05, 4.69) is 20.5 Å². The monoisotopic (exact) mass is 394 g/mol. The van der Waals surface area contributed by atoms with Crippen molar-refractivity contribution >= 4 is 43.8 Å². The third-order valence-corrected chi connectivity index (χ3v) is 5.02. The van der Waals surface area contributed by atoms with Crippen LogP contribution >= 0.6 is 0 Å². The summed E-state index contributed by atoms with van der Waals surface area (Å²) in [6.45, 7) is 0. The van der Waals surface area contributed by atoms with Gasteiger partial charge in [0.2, 0.25) is 0 Å². The second-order valence-electron chi connectivity index (χ2n) is 5.94. The van der Waals surface area contributed by atoms with Gasteiger partial charge in [-0.2, -0.15) is 13.5 Å². The largest absolute Gasteiger partial charge is 0.506 e. The Labute approximate surface area is 159 Å². The van der Waals surface area contributed by atoms with Gasteiger partial charge in [0.25, 0.3) is 10.1 Å². The maximum Gasteiger partial charge on any atom is 0.295 e. The molecule has 0 unspecified atom stereocenters. The van der Waals surface area contributed by atoms with E-state index in [9.17, 15) is 18.1 Å². The number of phenolic OH excluding ortho intramolecular Hbond substituents is 1. The molecule has 0 radical (unpaired) electrons. The lowest BCUT2D eigenvalue weighted by Crippen LogP contribution is -2.01. The van der Waals surface area contributed by atoms with Crippen LogP contribution in [0.5, 0.6) is 5.75 Å². The molecule has 0 fully saturated rings. The van der Waals surface area contributed by atoms with Crippen molar-refractivity contribution in [3.63, 3.8) is 0 Å². The Hall–Kier alpha value is -3.56. The van der Waals surface area contributed by atoms with E-state index in [0.29, 0.717) is 11.4 Å². The Morgan fingerprint density at radius 2 is 1.82 bits per heavy atom. The lowest BCUT2D eigenvalue weighted by Gasteiger charge is -2.06. The number of hydrogen-bond acceptors (Lipinski definition) is 7. The van der Waals surface area contributed by atoms with Gasteiger partial charge in [0, 0.05) is 17.0 Å². The average Bonchev–Trinajstić information content (AvgIpc) is 2.68. The molecule has 0 saturated carbocycles. The third-order valence-electron chi connectivity index (χ3n) is 4.11. The lowest BCUT2D eigenvalue weighted by atomic mass is 10.2. The summed E-state index contributed by atoms with van der Waals surface area (Å²) in [7, 11) is -4.44. The predicted molar refractivity (Wildman–Crippen MR) is 106 cm³/mol. The van der Waals surface area contributed by atoms with E-state index in [1.165, 1.54) is 24.4 Å². The van der Waals surface area contributed by atoms with Crippen molar-refractivity contribution in [2.45, 2.75) is 4.90 Å². The number of rotatable bonds is 4. The van der Waals surface area contributed by atoms with Crippen molar-refractivity contribution in [3.8, 4) is 5.75 Å². The zero-order chi connectivity index (χ0) is 19.7. The molecule has 28 heavy (non-hydrogen) atoms. The number of phenols is 1. The number of anilines is 1. The molecule has 2 heterocycles. The maximum atomic E-state index is 11.5. The number of nitrogens with one attached hydrogen (secondary N) is 1. The first-order valence-corrected chi connectivity index (χ1v) is 9.60. The van der Waals surface area contributed by atoms with Crippen LogP contribution in [0.15, 0.2) is 70.8 Å². The summed E-state index contributed by atoms with van der Waals surface area (Å²) in [5.74, 6) is -0.205. The SMILES string of the molecule is O=S(=O)(O)c1ccc(O)c2nc(/C=N\Nc3cccc4cccnc34)ccc12. The molecule has 140 valence electrons. The van der Waals surface area contributed by atoms with Crippen molar-refractivity contribution < 1.29 is 18.1 Å². The fraction of sp³-hybridized carbons (Fsp3) is 0. The van der Waals surface area contributed by atoms with Crippen LogP contribution in [-0.2, 0) is 10.1 Å². The highest BCUT2D eigenvalue weighted by atomic mass is 32.2. The second-order valence-corrected chi connectivity index (χ2v) is 7.33. The number of benzene rings is 2. The third kappa shape index (κ3) is 3.36. The highest BCUT2D eigenvalue weighted by molar-refractivity contribution is 7.86. The van der Waals surface area contributed by atoms with E-state index in [-0.39, 0.29) is 21.5 Å². The normalized spacial score (nSPS) is 12.0. The minimum Gasteiger partial charge on any atom is -0.506 e. The Morgan fingerprint density at radius 1 is 1.00 bits per heavy atom. The minimum atomic E-state index is -4.44. The van der Waals surface area contributed by atoms with Crippen molar-refractivity contribution in [3.05, 3.63) is 66.5 Å². The molecular weight excluding hydrogens is 380 g/mol. The van der Waals surface area contributed by atoms with E-state index in [1.807, 2.05) is 30.3 Å². The van der Waals surface area contributed by atoms with Crippen LogP contribution in [0.4, 0.5) is 5.69 Å². The van der Waals surface area contributed by atoms with Crippen molar-refractivity contribution in [1.82, 2.24) is 9.97 Å². The minimum absolute atomic E-state index is 0.0471. The van der Waals surface area contributed by atoms with E-state index in [1.54, 1.807) is 6.20 Å². The van der Waals surface area contributed by atoms with E-state index < -0.39 is 10.1 Å². The first kappa shape index (κ1) is 17.8. The number of hydrogen-bond donors (Lipinski definition) is 3. The Balaban J connectivity index is 1.67. The Kier molecular flexibility index (Phi) is 4.38. The van der Waals surface area contributed by atoms with Crippen LogP contribution in [0, 0.1) is 0 Å². The van der Waals surface area contributed by atoms with Crippen molar-refractivity contribution in [2.75, 3.05) is 5.43 Å². The molecule has 0 amide bonds. The van der Waals surface area contributed by atoms with Crippen LogP contribution in [-0.4, -0.2) is 34.3 Å². The first-order chi connectivity index (χ1) is 13.4. The molecule has 2 aromatic carbocycles. The summed E-state index contributed by atoms with van der Waals surface area (Å²) in [5, 5.41) is 15.2. The van der Waals surface area contributed by atoms with Crippen LogP contribution in [0.2, 0.25) is 0 Å². The molecule has 3 N–H and O–H groups in total. The summed E-state index contributed by atoms with van der Waals surface area (Å²) in [6.07, 6.45) is 3.12. The van der Waals surface area contributed by atoms with Gasteiger partial charge in [0.1, 0.15) is 16.2 Å². The number of pyridine rings is 2. The van der Waals surface area contributed by atoms with Gasteiger partial charge in [-0.05, 0) is 36.4 Å². The van der Waals surface area contributed by atoms with Crippen molar-refractivity contribution in [2.24, 2.45) is 5.10 Å². The average molecular weight is 394 g/mol. The van der Waals surface area contributed by atoms with Crippen LogP contribution in [0.1, 0.15) is 5.69 Å². The van der Waals surface area contributed by atoms with E-state index in [0.717, 1.165) is 17.0 Å². The molecule has 0 spiro atoms. The lowest BCUT2D eigenvalue weighted by molar-refractivity contribution is 0.478. The van der Waals surface area contributed by atoms with E-state index >= 15 is 0 Å². The number of nitrogens with zero attached hydrogens (tertiary/aromatic N) is 3. The number of aromatic hydroxyl groups is 1. The fourth-order valence-electron chi connectivity index (χ4n) is 2.85. The summed E-state index contributed by atoms with van der Waals surface area (Å²) in [4.78, 5) is 8.22. The summed E-state index contributed by atoms with van der Waals surface area (Å²) in [5.41, 5.74) is 4.82. The van der Waals surface area contributed by atoms with Gasteiger partial charge >= 0.3 is 0 Å². The quantitative estimate of drug-likeness (QED) is 0.276. The van der Waals surface area contributed by atoms with Crippen LogP contribution in [0.3, 0.4) is 0 Å². The molecule has 4 aromatic rings. The maximum absolute atomic E-state index is 11.5. The topological polar surface area (TPSA) is 125 Å². The summed E-state index contributed by atoms with van der Waals surface area (Å²) in [6, 6.07) is 14.7. The zero-order valence-electron chi connectivity index (χ0n) is 14.3. The molecule has 0 saturated heterocycles. The molecule has 0 aliphatic rings. The molecular formula is C19H14N4O4S. The van der Waals surface area contributed by atoms with Gasteiger partial charge in [-0.3, -0.25) is 15.0 Å². The highest BCUT2D eigenvalue weighted by Gasteiger charge is 2.16. The number of fused-ring (bicyclic) bond motifs is 2. The van der Waals surface area contributed by atoms with Gasteiger partial charge in [-0.1, -0.05) is 18.2 Å². The smallest absolute Gasteiger partial charge is 0.295 e.